The SMILES string of the molecule is CCC(CC)(CC)OC(=O)/N=N/C(=O)OC(CC)(CC)CC. The minimum absolute atomic E-state index is 0.542. The van der Waals surface area contributed by atoms with Crippen LogP contribution in [0.3, 0.4) is 0 Å². The first-order valence-electron chi connectivity index (χ1n) is 8.24. The lowest BCUT2D eigenvalue weighted by Crippen LogP contribution is -2.32. The molecule has 6 nitrogen and oxygen atoms in total. The fourth-order valence-corrected chi connectivity index (χ4v) is 2.43. The van der Waals surface area contributed by atoms with E-state index in [2.05, 4.69) is 10.2 Å². The monoisotopic (exact) mass is 314 g/mol. The maximum absolute atomic E-state index is 11.7. The predicted octanol–water partition coefficient (Wildman–Crippen LogP) is 5.65. The molecule has 0 aliphatic heterocycles. The van der Waals surface area contributed by atoms with Crippen molar-refractivity contribution >= 4 is 12.2 Å². The van der Waals surface area contributed by atoms with Crippen LogP contribution in [0.15, 0.2) is 10.2 Å². The number of azo groups is 1. The quantitative estimate of drug-likeness (QED) is 0.542. The molecule has 0 unspecified atom stereocenters. The molecule has 128 valence electrons. The van der Waals surface area contributed by atoms with E-state index >= 15 is 0 Å². The van der Waals surface area contributed by atoms with Crippen molar-refractivity contribution < 1.29 is 19.1 Å². The molecule has 0 spiro atoms. The summed E-state index contributed by atoms with van der Waals surface area (Å²) in [6.07, 6.45) is 2.45. The molecule has 0 aliphatic rings. The summed E-state index contributed by atoms with van der Waals surface area (Å²) in [5.41, 5.74) is -1.08. The standard InChI is InChI=1S/C16H30N2O4/c1-7-15(8-2,9-3)21-13(19)17-18-14(20)22-16(10-4,11-5)12-6/h7-12H2,1-6H3/b18-17+. The van der Waals surface area contributed by atoms with Gasteiger partial charge in [0.15, 0.2) is 0 Å². The van der Waals surface area contributed by atoms with E-state index in [-0.39, 0.29) is 0 Å². The smallest absolute Gasteiger partial charge is 0.440 e. The van der Waals surface area contributed by atoms with Gasteiger partial charge in [0, 0.05) is 0 Å². The normalized spacial score (nSPS) is 12.5. The second kappa shape index (κ2) is 9.54. The number of rotatable bonds is 8. The van der Waals surface area contributed by atoms with E-state index in [0.29, 0.717) is 38.5 Å². The summed E-state index contributed by atoms with van der Waals surface area (Å²) >= 11 is 0. The fraction of sp³-hybridized carbons (Fsp3) is 0.875. The first-order chi connectivity index (χ1) is 10.4. The second-order valence-electron chi connectivity index (χ2n) is 5.42. The molecular formula is C16H30N2O4. The first-order valence-corrected chi connectivity index (χ1v) is 8.24. The maximum Gasteiger partial charge on any atom is 0.453 e. The Kier molecular flexibility index (Phi) is 8.90. The number of nitrogens with zero attached hydrogens (tertiary/aromatic N) is 2. The molecule has 6 heteroatoms. The van der Waals surface area contributed by atoms with Gasteiger partial charge in [0.05, 0.1) is 0 Å². The Morgan fingerprint density at radius 2 is 0.864 bits per heavy atom. The van der Waals surface area contributed by atoms with Crippen LogP contribution >= 0.6 is 0 Å². The van der Waals surface area contributed by atoms with Crippen LogP contribution in [0.2, 0.25) is 0 Å². The van der Waals surface area contributed by atoms with E-state index in [1.807, 2.05) is 41.5 Å². The largest absolute Gasteiger partial charge is 0.453 e. The highest BCUT2D eigenvalue weighted by atomic mass is 16.6. The highest BCUT2D eigenvalue weighted by molar-refractivity contribution is 5.73. The summed E-state index contributed by atoms with van der Waals surface area (Å²) in [7, 11) is 0. The zero-order valence-electron chi connectivity index (χ0n) is 14.8. The molecule has 0 aromatic heterocycles. The van der Waals surface area contributed by atoms with Gasteiger partial charge in [-0.15, -0.1) is 0 Å². The molecular weight excluding hydrogens is 284 g/mol. The number of amides is 2. The van der Waals surface area contributed by atoms with Crippen molar-refractivity contribution in [2.45, 2.75) is 91.3 Å². The molecule has 0 atom stereocenters. The lowest BCUT2D eigenvalue weighted by atomic mass is 9.94. The molecule has 0 fully saturated rings. The van der Waals surface area contributed by atoms with Crippen LogP contribution in [0.4, 0.5) is 9.59 Å². The Balaban J connectivity index is 4.71. The average Bonchev–Trinajstić information content (AvgIpc) is 2.56. The Hall–Kier alpha value is -1.46. The summed E-state index contributed by atoms with van der Waals surface area (Å²) < 4.78 is 10.7. The summed E-state index contributed by atoms with van der Waals surface area (Å²) in [6.45, 7) is 11.7. The van der Waals surface area contributed by atoms with E-state index in [4.69, 9.17) is 9.47 Å². The van der Waals surface area contributed by atoms with Crippen LogP contribution < -0.4 is 0 Å². The molecule has 0 N–H and O–H groups in total. The van der Waals surface area contributed by atoms with E-state index < -0.39 is 23.4 Å². The molecule has 0 radical (unpaired) electrons. The van der Waals surface area contributed by atoms with Gasteiger partial charge in [0.25, 0.3) is 0 Å². The predicted molar refractivity (Wildman–Crippen MR) is 85.0 cm³/mol. The van der Waals surface area contributed by atoms with Crippen molar-refractivity contribution in [2.75, 3.05) is 0 Å². The third-order valence-corrected chi connectivity index (χ3v) is 4.69. The molecule has 0 aliphatic carbocycles. The highest BCUT2D eigenvalue weighted by Gasteiger charge is 2.30. The molecule has 0 aromatic carbocycles. The molecule has 0 saturated carbocycles. The lowest BCUT2D eigenvalue weighted by molar-refractivity contribution is 0.000929. The molecule has 22 heavy (non-hydrogen) atoms. The zero-order chi connectivity index (χ0) is 17.2. The van der Waals surface area contributed by atoms with Gasteiger partial charge in [-0.2, -0.15) is 0 Å². The van der Waals surface area contributed by atoms with E-state index in [9.17, 15) is 9.59 Å². The number of carbonyl (C=O) groups excluding carboxylic acids is 2. The number of hydrogen-bond acceptors (Lipinski definition) is 4. The van der Waals surface area contributed by atoms with Crippen molar-refractivity contribution in [3.63, 3.8) is 0 Å². The highest BCUT2D eigenvalue weighted by Crippen LogP contribution is 2.26. The fourth-order valence-electron chi connectivity index (χ4n) is 2.43. The third-order valence-electron chi connectivity index (χ3n) is 4.69. The number of hydrogen-bond donors (Lipinski definition) is 0. The first kappa shape index (κ1) is 20.5. The van der Waals surface area contributed by atoms with E-state index in [1.165, 1.54) is 0 Å². The van der Waals surface area contributed by atoms with Crippen LogP contribution in [0.5, 0.6) is 0 Å². The van der Waals surface area contributed by atoms with Gasteiger partial charge in [-0.1, -0.05) is 51.8 Å². The van der Waals surface area contributed by atoms with Gasteiger partial charge in [-0.05, 0) is 38.5 Å². The maximum atomic E-state index is 11.7. The minimum atomic E-state index is -0.849. The topological polar surface area (TPSA) is 77.3 Å². The Morgan fingerprint density at radius 1 is 0.636 bits per heavy atom. The Bertz CT molecular complexity index is 333. The molecule has 0 bridgehead atoms. The van der Waals surface area contributed by atoms with Crippen LogP contribution in [0, 0.1) is 0 Å². The van der Waals surface area contributed by atoms with Crippen LogP contribution in [0.25, 0.3) is 0 Å². The van der Waals surface area contributed by atoms with E-state index in [0.717, 1.165) is 0 Å². The van der Waals surface area contributed by atoms with Gasteiger partial charge < -0.3 is 9.47 Å². The Morgan fingerprint density at radius 3 is 1.05 bits per heavy atom. The molecule has 0 aromatic rings. The molecule has 0 rings (SSSR count). The summed E-state index contributed by atoms with van der Waals surface area (Å²) in [6, 6.07) is 0. The molecule has 0 saturated heterocycles. The van der Waals surface area contributed by atoms with Gasteiger partial charge in [0.1, 0.15) is 11.2 Å². The zero-order valence-corrected chi connectivity index (χ0v) is 14.8. The van der Waals surface area contributed by atoms with Gasteiger partial charge in [-0.3, -0.25) is 0 Å². The second-order valence-corrected chi connectivity index (χ2v) is 5.42. The minimum Gasteiger partial charge on any atom is -0.440 e. The van der Waals surface area contributed by atoms with Gasteiger partial charge in [-0.25, -0.2) is 9.59 Å². The van der Waals surface area contributed by atoms with Gasteiger partial charge >= 0.3 is 12.2 Å². The summed E-state index contributed by atoms with van der Waals surface area (Å²) in [5.74, 6) is 0. The average molecular weight is 314 g/mol. The summed E-state index contributed by atoms with van der Waals surface area (Å²) in [4.78, 5) is 23.4. The Labute approximate surface area is 133 Å². The van der Waals surface area contributed by atoms with Gasteiger partial charge in [0.2, 0.25) is 0 Å². The van der Waals surface area contributed by atoms with Crippen molar-refractivity contribution in [3.8, 4) is 0 Å². The van der Waals surface area contributed by atoms with Crippen molar-refractivity contribution in [1.29, 1.82) is 0 Å². The molecule has 0 heterocycles. The van der Waals surface area contributed by atoms with Crippen LogP contribution in [-0.4, -0.2) is 23.4 Å². The third kappa shape index (κ3) is 5.73. The van der Waals surface area contributed by atoms with Crippen LogP contribution in [0.1, 0.15) is 80.1 Å². The lowest BCUT2D eigenvalue weighted by Gasteiger charge is -2.29. The van der Waals surface area contributed by atoms with Crippen molar-refractivity contribution in [2.24, 2.45) is 10.2 Å². The van der Waals surface area contributed by atoms with Crippen LogP contribution in [-0.2, 0) is 9.47 Å². The van der Waals surface area contributed by atoms with Crippen molar-refractivity contribution in [3.05, 3.63) is 0 Å². The summed E-state index contributed by atoms with van der Waals surface area (Å²) in [5, 5.41) is 6.66. The molecule has 2 amide bonds. The number of ether oxygens (including phenoxy) is 2. The van der Waals surface area contributed by atoms with E-state index in [1.54, 1.807) is 0 Å². The number of carbonyl (C=O) groups is 2. The van der Waals surface area contributed by atoms with Crippen molar-refractivity contribution in [1.82, 2.24) is 0 Å².